The molecular formula is C10H14N6. The molecule has 1 saturated carbocycles. The lowest BCUT2D eigenvalue weighted by Gasteiger charge is -2.25. The molecule has 1 fully saturated rings. The van der Waals surface area contributed by atoms with E-state index in [1.165, 1.54) is 0 Å². The number of anilines is 2. The van der Waals surface area contributed by atoms with Crippen molar-refractivity contribution in [3.63, 3.8) is 0 Å². The molecule has 1 aliphatic rings. The lowest BCUT2D eigenvalue weighted by molar-refractivity contribution is 0.357. The molecule has 0 saturated heterocycles. The predicted octanol–water partition coefficient (Wildman–Crippen LogP) is 0.833. The molecule has 4 N–H and O–H groups in total. The second-order valence-electron chi connectivity index (χ2n) is 4.04. The van der Waals surface area contributed by atoms with E-state index in [9.17, 15) is 0 Å². The Morgan fingerprint density at radius 2 is 1.69 bits per heavy atom. The van der Waals surface area contributed by atoms with Gasteiger partial charge in [-0.1, -0.05) is 12.8 Å². The zero-order chi connectivity index (χ0) is 11.5. The molecule has 0 bridgehead atoms. The highest BCUT2D eigenvalue weighted by Gasteiger charge is 2.29. The van der Waals surface area contributed by atoms with E-state index in [1.807, 2.05) is 0 Å². The van der Waals surface area contributed by atoms with Gasteiger partial charge in [-0.15, -0.1) is 0 Å². The normalized spacial score (nSPS) is 24.9. The van der Waals surface area contributed by atoms with Crippen LogP contribution in [0.2, 0.25) is 0 Å². The molecular weight excluding hydrogens is 204 g/mol. The summed E-state index contributed by atoms with van der Waals surface area (Å²) in [4.78, 5) is 11.9. The van der Waals surface area contributed by atoms with Crippen LogP contribution in [0.3, 0.4) is 0 Å². The molecule has 2 atom stereocenters. The predicted molar refractivity (Wildman–Crippen MR) is 59.0 cm³/mol. The average Bonchev–Trinajstić information content (AvgIpc) is 2.27. The van der Waals surface area contributed by atoms with Gasteiger partial charge >= 0.3 is 0 Å². The topological polar surface area (TPSA) is 114 Å². The third kappa shape index (κ3) is 2.03. The minimum absolute atomic E-state index is 0.0325. The molecule has 6 heteroatoms. The van der Waals surface area contributed by atoms with Crippen molar-refractivity contribution in [3.05, 3.63) is 5.82 Å². The SMILES string of the molecule is N#CC1CCCCC1c1nc(N)nc(N)n1. The Kier molecular flexibility index (Phi) is 2.86. The quantitative estimate of drug-likeness (QED) is 0.721. The van der Waals surface area contributed by atoms with Crippen LogP contribution in [0.5, 0.6) is 0 Å². The minimum atomic E-state index is -0.0325. The molecule has 2 rings (SSSR count). The molecule has 0 amide bonds. The number of nitrogens with two attached hydrogens (primary N) is 2. The first-order valence-electron chi connectivity index (χ1n) is 5.37. The Morgan fingerprint density at radius 1 is 1.06 bits per heavy atom. The summed E-state index contributed by atoms with van der Waals surface area (Å²) in [5, 5.41) is 9.08. The molecule has 16 heavy (non-hydrogen) atoms. The van der Waals surface area contributed by atoms with Crippen molar-refractivity contribution in [2.75, 3.05) is 11.5 Å². The third-order valence-electron chi connectivity index (χ3n) is 2.95. The van der Waals surface area contributed by atoms with Crippen molar-refractivity contribution in [1.29, 1.82) is 5.26 Å². The average molecular weight is 218 g/mol. The molecule has 0 radical (unpaired) electrons. The molecule has 1 aliphatic carbocycles. The summed E-state index contributed by atoms with van der Waals surface area (Å²) >= 11 is 0. The molecule has 1 aromatic heterocycles. The highest BCUT2D eigenvalue weighted by atomic mass is 15.1. The highest BCUT2D eigenvalue weighted by Crippen LogP contribution is 2.35. The van der Waals surface area contributed by atoms with Crippen molar-refractivity contribution >= 4 is 11.9 Å². The van der Waals surface area contributed by atoms with Gasteiger partial charge in [-0.25, -0.2) is 0 Å². The molecule has 0 aromatic carbocycles. The van der Waals surface area contributed by atoms with Crippen molar-refractivity contribution in [3.8, 4) is 6.07 Å². The van der Waals surface area contributed by atoms with E-state index in [4.69, 9.17) is 16.7 Å². The van der Waals surface area contributed by atoms with Crippen molar-refractivity contribution in [2.45, 2.75) is 31.6 Å². The van der Waals surface area contributed by atoms with Gasteiger partial charge in [0.15, 0.2) is 0 Å². The summed E-state index contributed by atoms with van der Waals surface area (Å²) in [6.45, 7) is 0. The fourth-order valence-electron chi connectivity index (χ4n) is 2.19. The summed E-state index contributed by atoms with van der Waals surface area (Å²) in [6, 6.07) is 2.31. The second-order valence-corrected chi connectivity index (χ2v) is 4.04. The summed E-state index contributed by atoms with van der Waals surface area (Å²) in [5.41, 5.74) is 11.1. The minimum Gasteiger partial charge on any atom is -0.368 e. The van der Waals surface area contributed by atoms with Gasteiger partial charge in [-0.3, -0.25) is 0 Å². The van der Waals surface area contributed by atoms with Crippen LogP contribution >= 0.6 is 0 Å². The smallest absolute Gasteiger partial charge is 0.225 e. The number of rotatable bonds is 1. The molecule has 2 unspecified atom stereocenters. The van der Waals surface area contributed by atoms with Crippen LogP contribution in [0.25, 0.3) is 0 Å². The van der Waals surface area contributed by atoms with E-state index >= 15 is 0 Å². The van der Waals surface area contributed by atoms with Crippen LogP contribution in [0.15, 0.2) is 0 Å². The lowest BCUT2D eigenvalue weighted by Crippen LogP contribution is -2.20. The van der Waals surface area contributed by atoms with Crippen LogP contribution in [0.4, 0.5) is 11.9 Å². The zero-order valence-corrected chi connectivity index (χ0v) is 8.93. The number of nitriles is 1. The van der Waals surface area contributed by atoms with Gasteiger partial charge in [-0.2, -0.15) is 20.2 Å². The van der Waals surface area contributed by atoms with Crippen LogP contribution in [-0.4, -0.2) is 15.0 Å². The van der Waals surface area contributed by atoms with Crippen LogP contribution < -0.4 is 11.5 Å². The lowest BCUT2D eigenvalue weighted by atomic mass is 9.79. The van der Waals surface area contributed by atoms with E-state index in [1.54, 1.807) is 0 Å². The summed E-state index contributed by atoms with van der Waals surface area (Å²) < 4.78 is 0. The molecule has 6 nitrogen and oxygen atoms in total. The van der Waals surface area contributed by atoms with Crippen molar-refractivity contribution < 1.29 is 0 Å². The van der Waals surface area contributed by atoms with E-state index < -0.39 is 0 Å². The largest absolute Gasteiger partial charge is 0.368 e. The molecule has 84 valence electrons. The Hall–Kier alpha value is -1.90. The van der Waals surface area contributed by atoms with Gasteiger partial charge < -0.3 is 11.5 Å². The van der Waals surface area contributed by atoms with Gasteiger partial charge in [0.1, 0.15) is 5.82 Å². The number of hydrogen-bond acceptors (Lipinski definition) is 6. The van der Waals surface area contributed by atoms with Gasteiger partial charge in [-0.05, 0) is 12.8 Å². The fraction of sp³-hybridized carbons (Fsp3) is 0.600. The second kappa shape index (κ2) is 4.31. The van der Waals surface area contributed by atoms with E-state index in [-0.39, 0.29) is 23.7 Å². The van der Waals surface area contributed by atoms with Gasteiger partial charge in [0.25, 0.3) is 0 Å². The maximum atomic E-state index is 9.08. The zero-order valence-electron chi connectivity index (χ0n) is 8.93. The van der Waals surface area contributed by atoms with Crippen molar-refractivity contribution in [2.24, 2.45) is 5.92 Å². The van der Waals surface area contributed by atoms with Crippen molar-refractivity contribution in [1.82, 2.24) is 15.0 Å². The Balaban J connectivity index is 2.31. The van der Waals surface area contributed by atoms with Crippen LogP contribution in [-0.2, 0) is 0 Å². The third-order valence-corrected chi connectivity index (χ3v) is 2.95. The summed E-state index contributed by atoms with van der Waals surface area (Å²) in [7, 11) is 0. The molecule has 1 aromatic rings. The number of hydrogen-bond donors (Lipinski definition) is 2. The Labute approximate surface area is 93.7 Å². The fourth-order valence-corrected chi connectivity index (χ4v) is 2.19. The monoisotopic (exact) mass is 218 g/mol. The number of nitrogens with zero attached hydrogens (tertiary/aromatic N) is 4. The highest BCUT2D eigenvalue weighted by molar-refractivity contribution is 5.27. The number of nitrogen functional groups attached to an aromatic ring is 2. The first-order chi connectivity index (χ1) is 7.70. The van der Waals surface area contributed by atoms with E-state index in [0.29, 0.717) is 5.82 Å². The van der Waals surface area contributed by atoms with Gasteiger partial charge in [0, 0.05) is 5.92 Å². The van der Waals surface area contributed by atoms with Gasteiger partial charge in [0.2, 0.25) is 11.9 Å². The van der Waals surface area contributed by atoms with E-state index in [0.717, 1.165) is 25.7 Å². The molecule has 0 spiro atoms. The summed E-state index contributed by atoms with van der Waals surface area (Å²) in [5.74, 6) is 0.840. The standard InChI is InChI=1S/C10H14N6/c11-5-6-3-1-2-4-7(6)8-14-9(12)16-10(13)15-8/h6-7H,1-4H2,(H4,12,13,14,15,16). The van der Waals surface area contributed by atoms with Gasteiger partial charge in [0.05, 0.1) is 12.0 Å². The maximum Gasteiger partial charge on any atom is 0.225 e. The Bertz CT molecular complexity index is 404. The first-order valence-corrected chi connectivity index (χ1v) is 5.37. The van der Waals surface area contributed by atoms with E-state index in [2.05, 4.69) is 21.0 Å². The maximum absolute atomic E-state index is 9.08. The number of aromatic nitrogens is 3. The molecule has 1 heterocycles. The summed E-state index contributed by atoms with van der Waals surface area (Å²) in [6.07, 6.45) is 3.99. The Morgan fingerprint density at radius 3 is 2.31 bits per heavy atom. The first kappa shape index (κ1) is 10.6. The van der Waals surface area contributed by atoms with Crippen LogP contribution in [0.1, 0.15) is 37.4 Å². The van der Waals surface area contributed by atoms with Crippen LogP contribution in [0, 0.1) is 17.2 Å². The molecule has 0 aliphatic heterocycles.